The third-order valence-corrected chi connectivity index (χ3v) is 0.704. The maximum Gasteiger partial charge on any atom is 0.0663 e. The molecule has 1 heteroatoms. The summed E-state index contributed by atoms with van der Waals surface area (Å²) in [5, 5.41) is 8.08. The third kappa shape index (κ3) is 6.71. The van der Waals surface area contributed by atoms with E-state index in [2.05, 4.69) is 6.58 Å². The molecule has 0 saturated carbocycles. The molecule has 0 atom stereocenters. The van der Waals surface area contributed by atoms with E-state index in [1.54, 1.807) is 12.2 Å². The van der Waals surface area contributed by atoms with Crippen LogP contribution < -0.4 is 0 Å². The van der Waals surface area contributed by atoms with Crippen molar-refractivity contribution in [3.8, 4) is 6.07 Å². The molecule has 0 radical (unpaired) electrons. The summed E-state index contributed by atoms with van der Waals surface area (Å²) in [4.78, 5) is 0. The van der Waals surface area contributed by atoms with Gasteiger partial charge < -0.3 is 0 Å². The molecule has 0 aliphatic heterocycles. The predicted molar refractivity (Wildman–Crippen MR) is 38.7 cm³/mol. The summed E-state index contributed by atoms with van der Waals surface area (Å²) in [7, 11) is 0. The van der Waals surface area contributed by atoms with E-state index in [9.17, 15) is 0 Å². The highest BCUT2D eigenvalue weighted by Crippen LogP contribution is 1.81. The van der Waals surface area contributed by atoms with Crippen molar-refractivity contribution in [1.82, 2.24) is 0 Å². The summed E-state index contributed by atoms with van der Waals surface area (Å²) in [6.07, 6.45) is 9.43. The van der Waals surface area contributed by atoms with Crippen LogP contribution in [0, 0.1) is 11.3 Å². The SMILES string of the molecule is C=C/C=C\C=C/CC#N. The Morgan fingerprint density at radius 2 is 2.11 bits per heavy atom. The Bertz CT molecular complexity index is 158. The van der Waals surface area contributed by atoms with E-state index in [4.69, 9.17) is 5.26 Å². The minimum absolute atomic E-state index is 0.474. The molecule has 0 heterocycles. The van der Waals surface area contributed by atoms with Crippen molar-refractivity contribution in [3.05, 3.63) is 37.0 Å². The molecule has 0 aromatic heterocycles. The van der Waals surface area contributed by atoms with E-state index in [-0.39, 0.29) is 0 Å². The van der Waals surface area contributed by atoms with Crippen molar-refractivity contribution in [2.75, 3.05) is 0 Å². The second-order valence-electron chi connectivity index (χ2n) is 1.41. The van der Waals surface area contributed by atoms with Crippen molar-refractivity contribution in [3.63, 3.8) is 0 Å². The maximum atomic E-state index is 8.08. The van der Waals surface area contributed by atoms with Crippen LogP contribution in [0.2, 0.25) is 0 Å². The first-order chi connectivity index (χ1) is 4.41. The van der Waals surface area contributed by atoms with Crippen molar-refractivity contribution in [2.45, 2.75) is 6.42 Å². The van der Waals surface area contributed by atoms with Crippen LogP contribution >= 0.6 is 0 Å². The zero-order chi connectivity index (χ0) is 6.95. The van der Waals surface area contributed by atoms with Crippen LogP contribution in [-0.2, 0) is 0 Å². The molecular formula is C8H9N. The maximum absolute atomic E-state index is 8.08. The number of hydrogen-bond donors (Lipinski definition) is 0. The van der Waals surface area contributed by atoms with Gasteiger partial charge in [-0.05, 0) is 0 Å². The molecule has 0 unspecified atom stereocenters. The molecule has 0 fully saturated rings. The van der Waals surface area contributed by atoms with Crippen molar-refractivity contribution < 1.29 is 0 Å². The smallest absolute Gasteiger partial charge is 0.0663 e. The Kier molecular flexibility index (Phi) is 5.75. The van der Waals surface area contributed by atoms with Gasteiger partial charge in [0.2, 0.25) is 0 Å². The molecule has 0 spiro atoms. The zero-order valence-electron chi connectivity index (χ0n) is 5.25. The Morgan fingerprint density at radius 1 is 1.33 bits per heavy atom. The fourth-order valence-corrected chi connectivity index (χ4v) is 0.342. The van der Waals surface area contributed by atoms with E-state index in [1.165, 1.54) is 0 Å². The molecule has 0 N–H and O–H groups in total. The first-order valence-electron chi connectivity index (χ1n) is 2.73. The van der Waals surface area contributed by atoms with Crippen molar-refractivity contribution in [2.24, 2.45) is 0 Å². The Labute approximate surface area is 55.6 Å². The van der Waals surface area contributed by atoms with Gasteiger partial charge in [0.1, 0.15) is 0 Å². The normalized spacial score (nSPS) is 10.1. The number of allylic oxidation sites excluding steroid dienone is 5. The Morgan fingerprint density at radius 3 is 2.67 bits per heavy atom. The summed E-state index contributed by atoms with van der Waals surface area (Å²) >= 11 is 0. The van der Waals surface area contributed by atoms with Gasteiger partial charge in [-0.3, -0.25) is 0 Å². The highest BCUT2D eigenvalue weighted by Gasteiger charge is 1.65. The molecule has 0 rings (SSSR count). The minimum atomic E-state index is 0.474. The fourth-order valence-electron chi connectivity index (χ4n) is 0.342. The minimum Gasteiger partial charge on any atom is -0.198 e. The molecule has 0 aliphatic rings. The molecule has 1 nitrogen and oxygen atoms in total. The van der Waals surface area contributed by atoms with Gasteiger partial charge in [-0.1, -0.05) is 37.0 Å². The van der Waals surface area contributed by atoms with Crippen molar-refractivity contribution >= 4 is 0 Å². The Balaban J connectivity index is 3.37. The van der Waals surface area contributed by atoms with Crippen LogP contribution in [0.5, 0.6) is 0 Å². The highest BCUT2D eigenvalue weighted by atomic mass is 14.2. The van der Waals surface area contributed by atoms with Gasteiger partial charge in [0.05, 0.1) is 12.5 Å². The summed E-state index contributed by atoms with van der Waals surface area (Å²) in [6.45, 7) is 3.49. The summed E-state index contributed by atoms with van der Waals surface area (Å²) in [6, 6.07) is 2.00. The molecule has 0 aromatic carbocycles. The van der Waals surface area contributed by atoms with Gasteiger partial charge in [-0.2, -0.15) is 5.26 Å². The molecular weight excluding hydrogens is 110 g/mol. The topological polar surface area (TPSA) is 23.8 Å². The fraction of sp³-hybridized carbons (Fsp3) is 0.125. The lowest BCUT2D eigenvalue weighted by atomic mass is 10.4. The third-order valence-electron chi connectivity index (χ3n) is 0.704. The number of nitrogens with zero attached hydrogens (tertiary/aromatic N) is 1. The lowest BCUT2D eigenvalue weighted by Gasteiger charge is -1.70. The monoisotopic (exact) mass is 119 g/mol. The van der Waals surface area contributed by atoms with Gasteiger partial charge in [-0.25, -0.2) is 0 Å². The van der Waals surface area contributed by atoms with Gasteiger partial charge >= 0.3 is 0 Å². The molecule has 0 aromatic rings. The van der Waals surface area contributed by atoms with Crippen LogP contribution in [0.3, 0.4) is 0 Å². The standard InChI is InChI=1S/C8H9N/c1-2-3-4-5-6-7-8-9/h2-6H,1,7H2/b4-3-,6-5-. The quantitative estimate of drug-likeness (QED) is 0.522. The largest absolute Gasteiger partial charge is 0.198 e. The first-order valence-corrected chi connectivity index (χ1v) is 2.73. The predicted octanol–water partition coefficient (Wildman–Crippen LogP) is 2.20. The van der Waals surface area contributed by atoms with Crippen LogP contribution in [-0.4, -0.2) is 0 Å². The summed E-state index contributed by atoms with van der Waals surface area (Å²) in [5.74, 6) is 0. The van der Waals surface area contributed by atoms with E-state index in [0.29, 0.717) is 6.42 Å². The second-order valence-corrected chi connectivity index (χ2v) is 1.41. The van der Waals surface area contributed by atoms with E-state index >= 15 is 0 Å². The summed E-state index contributed by atoms with van der Waals surface area (Å²) in [5.41, 5.74) is 0. The molecule has 0 saturated heterocycles. The highest BCUT2D eigenvalue weighted by molar-refractivity contribution is 5.09. The number of nitriles is 1. The summed E-state index contributed by atoms with van der Waals surface area (Å²) < 4.78 is 0. The van der Waals surface area contributed by atoms with Gasteiger partial charge in [0, 0.05) is 0 Å². The average molecular weight is 119 g/mol. The molecule has 9 heavy (non-hydrogen) atoms. The van der Waals surface area contributed by atoms with Gasteiger partial charge in [0.25, 0.3) is 0 Å². The lowest BCUT2D eigenvalue weighted by Crippen LogP contribution is -1.53. The van der Waals surface area contributed by atoms with Crippen LogP contribution in [0.15, 0.2) is 37.0 Å². The number of rotatable bonds is 3. The van der Waals surface area contributed by atoms with Gasteiger partial charge in [0.15, 0.2) is 0 Å². The lowest BCUT2D eigenvalue weighted by molar-refractivity contribution is 1.35. The van der Waals surface area contributed by atoms with Crippen LogP contribution in [0.1, 0.15) is 6.42 Å². The van der Waals surface area contributed by atoms with E-state index < -0.39 is 0 Å². The molecule has 0 bridgehead atoms. The zero-order valence-corrected chi connectivity index (χ0v) is 5.25. The van der Waals surface area contributed by atoms with E-state index in [0.717, 1.165) is 0 Å². The molecule has 0 aliphatic carbocycles. The van der Waals surface area contributed by atoms with Crippen LogP contribution in [0.25, 0.3) is 0 Å². The van der Waals surface area contributed by atoms with Crippen LogP contribution in [0.4, 0.5) is 0 Å². The first kappa shape index (κ1) is 7.71. The Hall–Kier alpha value is -1.29. The number of hydrogen-bond acceptors (Lipinski definition) is 1. The van der Waals surface area contributed by atoms with Crippen molar-refractivity contribution in [1.29, 1.82) is 5.26 Å². The van der Waals surface area contributed by atoms with Gasteiger partial charge in [-0.15, -0.1) is 0 Å². The molecule has 0 amide bonds. The second kappa shape index (κ2) is 6.71. The average Bonchev–Trinajstić information content (AvgIpc) is 1.89. The van der Waals surface area contributed by atoms with E-state index in [1.807, 2.05) is 24.3 Å². The molecule has 46 valence electrons.